The molecule has 0 spiro atoms. The van der Waals surface area contributed by atoms with Gasteiger partial charge in [0, 0.05) is 18.7 Å². The molecule has 23 heavy (non-hydrogen) atoms. The fourth-order valence-electron chi connectivity index (χ4n) is 2.09. The normalized spacial score (nSPS) is 12.2. The predicted octanol–water partition coefficient (Wildman–Crippen LogP) is -0.270. The molecule has 0 saturated carbocycles. The molecule has 0 aliphatic heterocycles. The molecule has 0 bridgehead atoms. The number of H-pyrrole nitrogens is 2. The number of carboxylic acid groups (broad SMARTS) is 1. The zero-order valence-corrected chi connectivity index (χ0v) is 12.1. The van der Waals surface area contributed by atoms with Gasteiger partial charge in [0.2, 0.25) is 0 Å². The minimum Gasteiger partial charge on any atom is -0.480 e. The van der Waals surface area contributed by atoms with E-state index in [-0.39, 0.29) is 29.7 Å². The lowest BCUT2D eigenvalue weighted by molar-refractivity contribution is -0.384. The second kappa shape index (κ2) is 6.40. The van der Waals surface area contributed by atoms with E-state index < -0.39 is 28.1 Å². The minimum absolute atomic E-state index is 0.144. The molecule has 10 nitrogen and oxygen atoms in total. The molecule has 0 radical (unpaired) electrons. The van der Waals surface area contributed by atoms with Gasteiger partial charge < -0.3 is 20.4 Å². The van der Waals surface area contributed by atoms with E-state index in [1.165, 1.54) is 13.0 Å². The zero-order valence-electron chi connectivity index (χ0n) is 12.1. The third-order valence-electron chi connectivity index (χ3n) is 3.32. The second-order valence-electron chi connectivity index (χ2n) is 4.96. The number of nitrogens with zero attached hydrogens (tertiary/aromatic N) is 1. The van der Waals surface area contributed by atoms with Crippen LogP contribution in [0, 0.1) is 10.1 Å². The molecule has 0 amide bonds. The largest absolute Gasteiger partial charge is 0.480 e. The molecule has 1 heterocycles. The maximum absolute atomic E-state index is 11.4. The van der Waals surface area contributed by atoms with E-state index in [1.807, 2.05) is 0 Å². The van der Waals surface area contributed by atoms with E-state index >= 15 is 0 Å². The van der Waals surface area contributed by atoms with Crippen molar-refractivity contribution in [3.05, 3.63) is 48.5 Å². The highest BCUT2D eigenvalue weighted by Gasteiger charge is 2.15. The molecule has 0 aliphatic rings. The number of nitrogens with one attached hydrogen (secondary N) is 3. The van der Waals surface area contributed by atoms with E-state index in [9.17, 15) is 24.5 Å². The van der Waals surface area contributed by atoms with Crippen molar-refractivity contribution in [2.45, 2.75) is 19.4 Å². The number of aliphatic carboxylic acids is 1. The molecule has 1 aromatic heterocycles. The molecule has 0 fully saturated rings. The van der Waals surface area contributed by atoms with Crippen LogP contribution in [-0.4, -0.2) is 38.6 Å². The van der Waals surface area contributed by atoms with E-state index in [4.69, 9.17) is 5.11 Å². The lowest BCUT2D eigenvalue weighted by Crippen LogP contribution is -2.35. The summed E-state index contributed by atoms with van der Waals surface area (Å²) in [7, 11) is 0. The summed E-state index contributed by atoms with van der Waals surface area (Å²) in [5, 5.41) is 22.5. The van der Waals surface area contributed by atoms with Gasteiger partial charge in [0.15, 0.2) is 0 Å². The van der Waals surface area contributed by atoms with E-state index in [0.717, 1.165) is 6.07 Å². The van der Waals surface area contributed by atoms with Crippen molar-refractivity contribution in [1.29, 1.82) is 0 Å². The van der Waals surface area contributed by atoms with Crippen molar-refractivity contribution in [3.63, 3.8) is 0 Å². The fourth-order valence-corrected chi connectivity index (χ4v) is 2.09. The molecule has 10 heteroatoms. The predicted molar refractivity (Wildman–Crippen MR) is 80.6 cm³/mol. The Bertz CT molecular complexity index is 884. The van der Waals surface area contributed by atoms with Crippen molar-refractivity contribution in [1.82, 2.24) is 15.3 Å². The molecule has 1 atom stereocenters. The topological polar surface area (TPSA) is 158 Å². The van der Waals surface area contributed by atoms with Crippen molar-refractivity contribution in [2.75, 3.05) is 6.54 Å². The minimum atomic E-state index is -1.02. The van der Waals surface area contributed by atoms with Gasteiger partial charge in [-0.25, -0.2) is 0 Å². The van der Waals surface area contributed by atoms with Crippen LogP contribution in [0.2, 0.25) is 0 Å². The Morgan fingerprint density at radius 1 is 1.35 bits per heavy atom. The molecule has 2 rings (SSSR count). The van der Waals surface area contributed by atoms with Crippen LogP contribution >= 0.6 is 0 Å². The summed E-state index contributed by atoms with van der Waals surface area (Å²) in [6.45, 7) is 1.69. The highest BCUT2D eigenvalue weighted by Crippen LogP contribution is 2.21. The number of benzene rings is 1. The number of hydrogen-bond donors (Lipinski definition) is 4. The van der Waals surface area contributed by atoms with Gasteiger partial charge in [0.05, 0.1) is 16.0 Å². The van der Waals surface area contributed by atoms with Gasteiger partial charge in [-0.15, -0.1) is 0 Å². The summed E-state index contributed by atoms with van der Waals surface area (Å²) >= 11 is 0. The standard InChI is InChI=1S/C13H14N4O6/c1-6(13(20)21)14-3-2-7-4-8(17(22)23)5-9-10(7)16-12(19)11(18)15-9/h4-6,14H,2-3H2,1H3,(H,15,18)(H,16,19)(H,20,21)/t6-/m0/s1. The fraction of sp³-hybridized carbons (Fsp3) is 0.308. The Hall–Kier alpha value is -3.01. The van der Waals surface area contributed by atoms with Gasteiger partial charge in [-0.2, -0.15) is 0 Å². The molecule has 122 valence electrons. The first-order valence-electron chi connectivity index (χ1n) is 6.69. The molecule has 0 aliphatic carbocycles. The van der Waals surface area contributed by atoms with Gasteiger partial charge in [-0.1, -0.05) is 0 Å². The van der Waals surface area contributed by atoms with Crippen LogP contribution in [0.1, 0.15) is 12.5 Å². The monoisotopic (exact) mass is 322 g/mol. The first-order chi connectivity index (χ1) is 10.8. The number of hydrogen-bond acceptors (Lipinski definition) is 6. The highest BCUT2D eigenvalue weighted by molar-refractivity contribution is 5.80. The quantitative estimate of drug-likeness (QED) is 0.323. The SMILES string of the molecule is C[C@H](NCCc1cc([N+](=O)[O-])cc2[nH]c(=O)c(=O)[nH]c12)C(=O)O. The Morgan fingerprint density at radius 3 is 2.61 bits per heavy atom. The maximum atomic E-state index is 11.4. The molecular formula is C13H14N4O6. The number of aromatic amines is 2. The Balaban J connectivity index is 2.41. The van der Waals surface area contributed by atoms with Crippen molar-refractivity contribution >= 4 is 22.7 Å². The number of aromatic nitrogens is 2. The zero-order chi connectivity index (χ0) is 17.1. The highest BCUT2D eigenvalue weighted by atomic mass is 16.6. The molecule has 2 aromatic rings. The van der Waals surface area contributed by atoms with Crippen molar-refractivity contribution in [3.8, 4) is 0 Å². The number of fused-ring (bicyclic) bond motifs is 1. The Labute approximate surface area is 128 Å². The molecule has 0 saturated heterocycles. The summed E-state index contributed by atoms with van der Waals surface area (Å²) in [4.78, 5) is 48.6. The summed E-state index contributed by atoms with van der Waals surface area (Å²) in [5.74, 6) is -1.02. The Morgan fingerprint density at radius 2 is 2.00 bits per heavy atom. The van der Waals surface area contributed by atoms with E-state index in [0.29, 0.717) is 5.56 Å². The van der Waals surface area contributed by atoms with Crippen LogP contribution in [0.3, 0.4) is 0 Å². The number of nitro groups is 1. The van der Waals surface area contributed by atoms with Gasteiger partial charge in [0.25, 0.3) is 5.69 Å². The third kappa shape index (κ3) is 3.61. The van der Waals surface area contributed by atoms with E-state index in [1.54, 1.807) is 0 Å². The van der Waals surface area contributed by atoms with E-state index in [2.05, 4.69) is 15.3 Å². The van der Waals surface area contributed by atoms with Gasteiger partial charge in [0.1, 0.15) is 6.04 Å². The summed E-state index contributed by atoms with van der Waals surface area (Å²) in [5.41, 5.74) is -1.15. The average molecular weight is 322 g/mol. The summed E-state index contributed by atoms with van der Waals surface area (Å²) in [6.07, 6.45) is 0.234. The van der Waals surface area contributed by atoms with Crippen LogP contribution in [0.4, 0.5) is 5.69 Å². The molecule has 1 aromatic carbocycles. The summed E-state index contributed by atoms with van der Waals surface area (Å²) in [6, 6.07) is 1.66. The van der Waals surface area contributed by atoms with Crippen LogP contribution in [0.25, 0.3) is 11.0 Å². The molecular weight excluding hydrogens is 308 g/mol. The smallest absolute Gasteiger partial charge is 0.320 e. The maximum Gasteiger partial charge on any atom is 0.320 e. The number of nitro benzene ring substituents is 1. The second-order valence-corrected chi connectivity index (χ2v) is 4.96. The van der Waals surface area contributed by atoms with Crippen LogP contribution in [-0.2, 0) is 11.2 Å². The number of rotatable bonds is 6. The average Bonchev–Trinajstić information content (AvgIpc) is 2.48. The first-order valence-corrected chi connectivity index (χ1v) is 6.69. The Kier molecular flexibility index (Phi) is 4.55. The first kappa shape index (κ1) is 16.4. The lowest BCUT2D eigenvalue weighted by Gasteiger charge is -2.10. The van der Waals surface area contributed by atoms with Crippen LogP contribution in [0.5, 0.6) is 0 Å². The molecule has 0 unspecified atom stereocenters. The van der Waals surface area contributed by atoms with Crippen LogP contribution < -0.4 is 16.4 Å². The van der Waals surface area contributed by atoms with Crippen LogP contribution in [0.15, 0.2) is 21.7 Å². The van der Waals surface area contributed by atoms with Gasteiger partial charge >= 0.3 is 17.1 Å². The number of carboxylic acids is 1. The van der Waals surface area contributed by atoms with Crippen molar-refractivity contribution < 1.29 is 14.8 Å². The van der Waals surface area contributed by atoms with Gasteiger partial charge in [-0.3, -0.25) is 24.5 Å². The lowest BCUT2D eigenvalue weighted by atomic mass is 10.1. The van der Waals surface area contributed by atoms with Crippen molar-refractivity contribution in [2.24, 2.45) is 0 Å². The number of non-ortho nitro benzene ring substituents is 1. The summed E-state index contributed by atoms with van der Waals surface area (Å²) < 4.78 is 0. The number of carbonyl (C=O) groups is 1. The molecule has 4 N–H and O–H groups in total. The van der Waals surface area contributed by atoms with Gasteiger partial charge in [-0.05, 0) is 18.9 Å². The third-order valence-corrected chi connectivity index (χ3v) is 3.32.